The van der Waals surface area contributed by atoms with Gasteiger partial charge in [0.2, 0.25) is 5.95 Å². The van der Waals surface area contributed by atoms with Crippen LogP contribution in [0.1, 0.15) is 40.6 Å². The number of amides is 1. The summed E-state index contributed by atoms with van der Waals surface area (Å²) in [5.41, 5.74) is 4.21. The molecule has 0 atom stereocenters. The average molecular weight is 493 g/mol. The number of hydrogen-bond acceptors (Lipinski definition) is 7. The number of carbonyl (C=O) groups is 1. The normalized spacial score (nSPS) is 13.7. The van der Waals surface area contributed by atoms with Crippen LogP contribution >= 0.6 is 0 Å². The molecule has 1 aliphatic rings. The molecule has 0 bridgehead atoms. The largest absolute Gasteiger partial charge is 0.466 e. The van der Waals surface area contributed by atoms with Gasteiger partial charge in [-0.2, -0.15) is 5.26 Å². The fourth-order valence-electron chi connectivity index (χ4n) is 4.57. The summed E-state index contributed by atoms with van der Waals surface area (Å²) in [6.07, 6.45) is 3.87. The molecule has 4 aromatic rings. The predicted octanol–water partition coefficient (Wildman–Crippen LogP) is 5.43. The topological polar surface area (TPSA) is 107 Å². The molecule has 0 aliphatic carbocycles. The van der Waals surface area contributed by atoms with Crippen LogP contribution in [0.4, 0.5) is 17.3 Å². The van der Waals surface area contributed by atoms with E-state index in [0.29, 0.717) is 17.4 Å². The van der Waals surface area contributed by atoms with Gasteiger partial charge in [0.1, 0.15) is 18.1 Å². The number of furan rings is 1. The number of benzene rings is 2. The number of anilines is 3. The van der Waals surface area contributed by atoms with Crippen LogP contribution in [-0.2, 0) is 0 Å². The highest BCUT2D eigenvalue weighted by Gasteiger charge is 2.23. The lowest BCUT2D eigenvalue weighted by Crippen LogP contribution is -2.32. The number of aromatic nitrogens is 2. The summed E-state index contributed by atoms with van der Waals surface area (Å²) in [5, 5.41) is 14.4. The van der Waals surface area contributed by atoms with Gasteiger partial charge in [0, 0.05) is 47.7 Å². The number of hydrogen-bond donors (Lipinski definition) is 2. The van der Waals surface area contributed by atoms with Crippen molar-refractivity contribution in [3.8, 4) is 17.3 Å². The molecule has 1 saturated heterocycles. The first-order chi connectivity index (χ1) is 18.1. The Labute approximate surface area is 216 Å². The Morgan fingerprint density at radius 1 is 1.05 bits per heavy atom. The summed E-state index contributed by atoms with van der Waals surface area (Å²) in [5.74, 6) is 2.79. The Morgan fingerprint density at radius 2 is 1.81 bits per heavy atom. The van der Waals surface area contributed by atoms with Crippen molar-refractivity contribution in [2.24, 2.45) is 0 Å². The number of nitrogens with one attached hydrogen (secondary N) is 2. The minimum Gasteiger partial charge on any atom is -0.466 e. The van der Waals surface area contributed by atoms with Gasteiger partial charge in [-0.1, -0.05) is 12.1 Å². The molecule has 3 heterocycles. The lowest BCUT2D eigenvalue weighted by molar-refractivity contribution is 0.0958. The van der Waals surface area contributed by atoms with Crippen molar-refractivity contribution < 1.29 is 9.21 Å². The fourth-order valence-corrected chi connectivity index (χ4v) is 4.57. The number of carbonyl (C=O) groups excluding carboxylic acids is 1. The Kier molecular flexibility index (Phi) is 7.13. The predicted molar refractivity (Wildman–Crippen MR) is 143 cm³/mol. The molecule has 2 N–H and O–H groups in total. The molecule has 0 saturated carbocycles. The molecular weight excluding hydrogens is 464 g/mol. The molecule has 0 spiro atoms. The quantitative estimate of drug-likeness (QED) is 0.331. The molecule has 8 heteroatoms. The molecule has 37 heavy (non-hydrogen) atoms. The summed E-state index contributed by atoms with van der Waals surface area (Å²) >= 11 is 0. The Bertz CT molecular complexity index is 1400. The van der Waals surface area contributed by atoms with Crippen LogP contribution in [0.2, 0.25) is 0 Å². The third kappa shape index (κ3) is 5.78. The Hall–Kier alpha value is -4.64. The summed E-state index contributed by atoms with van der Waals surface area (Å²) in [4.78, 5) is 23.4. The zero-order valence-electron chi connectivity index (χ0n) is 20.6. The highest BCUT2D eigenvalue weighted by Crippen LogP contribution is 2.32. The van der Waals surface area contributed by atoms with Gasteiger partial charge in [-0.05, 0) is 74.4 Å². The van der Waals surface area contributed by atoms with Gasteiger partial charge in [0.25, 0.3) is 5.91 Å². The zero-order chi connectivity index (χ0) is 25.6. The maximum atomic E-state index is 12.0. The zero-order valence-corrected chi connectivity index (χ0v) is 20.6. The van der Waals surface area contributed by atoms with Crippen molar-refractivity contribution in [3.05, 3.63) is 90.0 Å². The monoisotopic (exact) mass is 492 g/mol. The van der Waals surface area contributed by atoms with Crippen LogP contribution in [0.25, 0.3) is 11.3 Å². The second-order valence-corrected chi connectivity index (χ2v) is 9.07. The van der Waals surface area contributed by atoms with E-state index in [1.54, 1.807) is 18.3 Å². The number of aryl methyl sites for hydroxylation is 1. The van der Waals surface area contributed by atoms with E-state index in [2.05, 4.69) is 43.7 Å². The van der Waals surface area contributed by atoms with E-state index in [4.69, 9.17) is 9.68 Å². The Morgan fingerprint density at radius 3 is 2.49 bits per heavy atom. The first-order valence-corrected chi connectivity index (χ1v) is 12.4. The van der Waals surface area contributed by atoms with Crippen molar-refractivity contribution in [1.82, 2.24) is 15.3 Å². The van der Waals surface area contributed by atoms with Crippen molar-refractivity contribution in [3.63, 3.8) is 0 Å². The van der Waals surface area contributed by atoms with E-state index >= 15 is 0 Å². The number of rotatable bonds is 7. The second kappa shape index (κ2) is 11.0. The first kappa shape index (κ1) is 24.1. The van der Waals surface area contributed by atoms with Crippen molar-refractivity contribution in [2.45, 2.75) is 25.7 Å². The van der Waals surface area contributed by atoms with Crippen LogP contribution < -0.4 is 15.5 Å². The third-order valence-corrected chi connectivity index (χ3v) is 6.57. The molecule has 186 valence electrons. The number of nitrogens with zero attached hydrogens (tertiary/aromatic N) is 4. The summed E-state index contributed by atoms with van der Waals surface area (Å²) < 4.78 is 5.84. The highest BCUT2D eigenvalue weighted by molar-refractivity contribution is 5.94. The highest BCUT2D eigenvalue weighted by atomic mass is 16.3. The van der Waals surface area contributed by atoms with E-state index in [0.717, 1.165) is 54.4 Å². The lowest BCUT2D eigenvalue weighted by atomic mass is 9.94. The van der Waals surface area contributed by atoms with Crippen molar-refractivity contribution in [1.29, 1.82) is 5.26 Å². The van der Waals surface area contributed by atoms with Gasteiger partial charge < -0.3 is 20.0 Å². The van der Waals surface area contributed by atoms with Crippen LogP contribution in [-0.4, -0.2) is 35.5 Å². The van der Waals surface area contributed by atoms with Gasteiger partial charge in [-0.15, -0.1) is 0 Å². The van der Waals surface area contributed by atoms with Crippen molar-refractivity contribution >= 4 is 23.2 Å². The molecule has 2 aromatic heterocycles. The Balaban J connectivity index is 1.19. The van der Waals surface area contributed by atoms with Gasteiger partial charge in [0.15, 0.2) is 0 Å². The van der Waals surface area contributed by atoms with E-state index in [-0.39, 0.29) is 12.5 Å². The lowest BCUT2D eigenvalue weighted by Gasteiger charge is -2.33. The summed E-state index contributed by atoms with van der Waals surface area (Å²) in [6, 6.07) is 23.3. The maximum Gasteiger partial charge on any atom is 0.252 e. The van der Waals surface area contributed by atoms with Crippen LogP contribution in [0.5, 0.6) is 0 Å². The molecule has 8 nitrogen and oxygen atoms in total. The standard InChI is InChI=1S/C29H28N6O2/c1-20-2-11-27(37-20)22-13-18-35(19-14-22)25-9-7-24(8-10-25)33-29-32-16-12-26(34-29)21-3-5-23(6-4-21)28(36)31-17-15-30/h2-12,16,22H,13-14,17-19H2,1H3,(H,31,36)(H,32,33,34). The molecule has 1 fully saturated rings. The van der Waals surface area contributed by atoms with E-state index < -0.39 is 0 Å². The van der Waals surface area contributed by atoms with Gasteiger partial charge in [-0.25, -0.2) is 9.97 Å². The smallest absolute Gasteiger partial charge is 0.252 e. The minimum atomic E-state index is -0.279. The molecule has 5 rings (SSSR count). The molecule has 2 aromatic carbocycles. The van der Waals surface area contributed by atoms with Gasteiger partial charge in [-0.3, -0.25) is 4.79 Å². The molecule has 1 aliphatic heterocycles. The van der Waals surface area contributed by atoms with Crippen LogP contribution in [0, 0.1) is 18.3 Å². The fraction of sp³-hybridized carbons (Fsp3) is 0.241. The number of piperidine rings is 1. The molecule has 1 amide bonds. The summed E-state index contributed by atoms with van der Waals surface area (Å²) in [7, 11) is 0. The minimum absolute atomic E-state index is 0.0213. The first-order valence-electron chi connectivity index (χ1n) is 12.4. The van der Waals surface area contributed by atoms with Gasteiger partial charge in [0.05, 0.1) is 11.8 Å². The third-order valence-electron chi connectivity index (χ3n) is 6.57. The summed E-state index contributed by atoms with van der Waals surface area (Å²) in [6.45, 7) is 3.98. The molecular formula is C29H28N6O2. The van der Waals surface area contributed by atoms with E-state index in [1.165, 1.54) is 5.69 Å². The molecule has 0 radical (unpaired) electrons. The second-order valence-electron chi connectivity index (χ2n) is 9.07. The van der Waals surface area contributed by atoms with E-state index in [9.17, 15) is 4.79 Å². The van der Waals surface area contributed by atoms with Gasteiger partial charge >= 0.3 is 0 Å². The average Bonchev–Trinajstić information content (AvgIpc) is 3.39. The number of nitriles is 1. The van der Waals surface area contributed by atoms with Crippen LogP contribution in [0.3, 0.4) is 0 Å². The van der Waals surface area contributed by atoms with Crippen molar-refractivity contribution in [2.75, 3.05) is 29.9 Å². The SMILES string of the molecule is Cc1ccc(C2CCN(c3ccc(Nc4nccc(-c5ccc(C(=O)NCC#N)cc5)n4)cc3)CC2)o1. The molecule has 0 unspecified atom stereocenters. The van der Waals surface area contributed by atoms with Crippen LogP contribution in [0.15, 0.2) is 77.3 Å². The van der Waals surface area contributed by atoms with E-state index in [1.807, 2.05) is 49.4 Å². The maximum absolute atomic E-state index is 12.0.